The smallest absolute Gasteiger partial charge is 0.263 e. The highest BCUT2D eigenvalue weighted by atomic mass is 19.1. The maximum Gasteiger partial charge on any atom is 0.263 e. The van der Waals surface area contributed by atoms with Crippen LogP contribution in [0.15, 0.2) is 29.0 Å². The summed E-state index contributed by atoms with van der Waals surface area (Å²) in [7, 11) is 1.71. The van der Waals surface area contributed by atoms with Gasteiger partial charge in [-0.1, -0.05) is 5.16 Å². The Balaban J connectivity index is 2.00. The molecule has 0 amide bonds. The fourth-order valence-corrected chi connectivity index (χ4v) is 1.56. The van der Waals surface area contributed by atoms with E-state index in [-0.39, 0.29) is 11.7 Å². The molecule has 3 rings (SSSR count). The molecule has 8 heteroatoms. The third kappa shape index (κ3) is 1.92. The first-order valence-corrected chi connectivity index (χ1v) is 5.38. The molecule has 0 saturated heterocycles. The minimum Gasteiger partial charge on any atom is -0.383 e. The second-order valence-electron chi connectivity index (χ2n) is 3.85. The molecule has 3 aromatic heterocycles. The zero-order valence-electron chi connectivity index (χ0n) is 9.91. The molecular formula is C11H9FN6O. The first-order chi connectivity index (χ1) is 9.15. The highest BCUT2D eigenvalue weighted by molar-refractivity contribution is 5.67. The van der Waals surface area contributed by atoms with E-state index in [1.807, 2.05) is 0 Å². The lowest BCUT2D eigenvalue weighted by atomic mass is 10.3. The highest BCUT2D eigenvalue weighted by Crippen LogP contribution is 2.25. The summed E-state index contributed by atoms with van der Waals surface area (Å²) in [6.45, 7) is 0. The van der Waals surface area contributed by atoms with Crippen molar-refractivity contribution in [3.05, 3.63) is 30.3 Å². The maximum absolute atomic E-state index is 12.8. The molecule has 0 saturated carbocycles. The van der Waals surface area contributed by atoms with E-state index < -0.39 is 5.82 Å². The number of nitrogens with zero attached hydrogens (tertiary/aromatic N) is 5. The number of nitrogens with two attached hydrogens (primary N) is 1. The van der Waals surface area contributed by atoms with E-state index >= 15 is 0 Å². The van der Waals surface area contributed by atoms with E-state index in [4.69, 9.17) is 10.3 Å². The second-order valence-corrected chi connectivity index (χ2v) is 3.85. The molecular weight excluding hydrogens is 251 g/mol. The Kier molecular flexibility index (Phi) is 2.48. The first-order valence-electron chi connectivity index (χ1n) is 5.38. The molecule has 3 aromatic rings. The Morgan fingerprint density at radius 3 is 2.79 bits per heavy atom. The third-order valence-corrected chi connectivity index (χ3v) is 2.60. The molecule has 7 nitrogen and oxygen atoms in total. The zero-order chi connectivity index (χ0) is 13.4. The number of hydrogen-bond donors (Lipinski definition) is 1. The second kappa shape index (κ2) is 4.16. The molecule has 0 aliphatic rings. The van der Waals surface area contributed by atoms with Crippen molar-refractivity contribution in [3.8, 4) is 23.0 Å². The molecule has 3 heterocycles. The lowest BCUT2D eigenvalue weighted by Gasteiger charge is -1.94. The normalized spacial score (nSPS) is 10.8. The van der Waals surface area contributed by atoms with Crippen LogP contribution in [0.5, 0.6) is 0 Å². The summed E-state index contributed by atoms with van der Waals surface area (Å²) >= 11 is 0. The molecule has 0 bridgehead atoms. The van der Waals surface area contributed by atoms with Crippen LogP contribution in [-0.2, 0) is 7.05 Å². The van der Waals surface area contributed by atoms with Gasteiger partial charge in [0.2, 0.25) is 5.82 Å². The van der Waals surface area contributed by atoms with Gasteiger partial charge >= 0.3 is 0 Å². The Morgan fingerprint density at radius 2 is 2.16 bits per heavy atom. The van der Waals surface area contributed by atoms with Gasteiger partial charge in [0.15, 0.2) is 0 Å². The van der Waals surface area contributed by atoms with Crippen LogP contribution in [0.4, 0.5) is 10.2 Å². The van der Waals surface area contributed by atoms with Crippen molar-refractivity contribution in [1.29, 1.82) is 0 Å². The topological polar surface area (TPSA) is 95.6 Å². The number of hydrogen-bond acceptors (Lipinski definition) is 6. The van der Waals surface area contributed by atoms with Gasteiger partial charge in [0, 0.05) is 7.05 Å². The Hall–Kier alpha value is -2.77. The number of anilines is 1. The molecule has 2 N–H and O–H groups in total. The summed E-state index contributed by atoms with van der Waals surface area (Å²) in [5, 5.41) is 7.76. The van der Waals surface area contributed by atoms with Crippen molar-refractivity contribution >= 4 is 5.82 Å². The van der Waals surface area contributed by atoms with Gasteiger partial charge in [0.05, 0.1) is 12.4 Å². The van der Waals surface area contributed by atoms with Crippen molar-refractivity contribution in [1.82, 2.24) is 24.9 Å². The van der Waals surface area contributed by atoms with E-state index in [0.717, 1.165) is 6.20 Å². The molecule has 0 aliphatic carbocycles. The van der Waals surface area contributed by atoms with Crippen molar-refractivity contribution in [2.75, 3.05) is 5.73 Å². The summed E-state index contributed by atoms with van der Waals surface area (Å²) in [6.07, 6.45) is 2.62. The van der Waals surface area contributed by atoms with Gasteiger partial charge in [-0.05, 0) is 12.1 Å². The molecule has 0 radical (unpaired) electrons. The predicted molar refractivity (Wildman–Crippen MR) is 64.1 cm³/mol. The van der Waals surface area contributed by atoms with E-state index in [2.05, 4.69) is 20.2 Å². The molecule has 0 atom stereocenters. The Morgan fingerprint density at radius 1 is 1.32 bits per heavy atom. The molecule has 0 fully saturated rings. The van der Waals surface area contributed by atoms with Gasteiger partial charge in [-0.3, -0.25) is 4.68 Å². The summed E-state index contributed by atoms with van der Waals surface area (Å²) in [4.78, 5) is 8.03. The average Bonchev–Trinajstić information content (AvgIpc) is 2.99. The van der Waals surface area contributed by atoms with Gasteiger partial charge in [0.25, 0.3) is 5.89 Å². The van der Waals surface area contributed by atoms with E-state index in [0.29, 0.717) is 17.1 Å². The van der Waals surface area contributed by atoms with Crippen LogP contribution in [0.2, 0.25) is 0 Å². The number of nitrogen functional groups attached to an aromatic ring is 1. The van der Waals surface area contributed by atoms with Crippen molar-refractivity contribution < 1.29 is 8.91 Å². The monoisotopic (exact) mass is 260 g/mol. The zero-order valence-corrected chi connectivity index (χ0v) is 9.91. The van der Waals surface area contributed by atoms with Crippen LogP contribution in [-0.4, -0.2) is 24.9 Å². The highest BCUT2D eigenvalue weighted by Gasteiger charge is 2.16. The van der Waals surface area contributed by atoms with E-state index in [9.17, 15) is 4.39 Å². The van der Waals surface area contributed by atoms with Crippen molar-refractivity contribution in [2.24, 2.45) is 7.05 Å². The fourth-order valence-electron chi connectivity index (χ4n) is 1.56. The van der Waals surface area contributed by atoms with Gasteiger partial charge in [0.1, 0.15) is 22.9 Å². The largest absolute Gasteiger partial charge is 0.383 e. The standard InChI is InChI=1S/C11H9FN6O/c1-18-9(13)7(5-15-18)11-16-10(17-19-11)8-3-2-6(12)4-14-8/h2-5H,13H2,1H3. The van der Waals surface area contributed by atoms with Crippen molar-refractivity contribution in [2.45, 2.75) is 0 Å². The van der Waals surface area contributed by atoms with E-state index in [1.165, 1.54) is 23.0 Å². The number of rotatable bonds is 2. The van der Waals surface area contributed by atoms with Gasteiger partial charge in [-0.25, -0.2) is 9.37 Å². The average molecular weight is 260 g/mol. The number of aromatic nitrogens is 5. The van der Waals surface area contributed by atoms with E-state index in [1.54, 1.807) is 7.05 Å². The van der Waals surface area contributed by atoms with Crippen LogP contribution in [0.3, 0.4) is 0 Å². The van der Waals surface area contributed by atoms with Crippen LogP contribution < -0.4 is 5.73 Å². The SMILES string of the molecule is Cn1ncc(-c2nc(-c3ccc(F)cn3)no2)c1N. The van der Waals surface area contributed by atoms with Crippen LogP contribution in [0.1, 0.15) is 0 Å². The lowest BCUT2D eigenvalue weighted by molar-refractivity contribution is 0.432. The molecule has 0 spiro atoms. The summed E-state index contributed by atoms with van der Waals surface area (Å²) in [5.41, 5.74) is 6.77. The van der Waals surface area contributed by atoms with Crippen LogP contribution in [0, 0.1) is 5.82 Å². The first kappa shape index (κ1) is 11.3. The summed E-state index contributed by atoms with van der Waals surface area (Å²) in [6, 6.07) is 2.74. The summed E-state index contributed by atoms with van der Waals surface area (Å²) < 4.78 is 19.4. The van der Waals surface area contributed by atoms with Crippen LogP contribution in [0.25, 0.3) is 23.0 Å². The number of halogens is 1. The fraction of sp³-hybridized carbons (Fsp3) is 0.0909. The van der Waals surface area contributed by atoms with Gasteiger partial charge in [-0.2, -0.15) is 10.1 Å². The molecule has 19 heavy (non-hydrogen) atoms. The number of aryl methyl sites for hydroxylation is 1. The van der Waals surface area contributed by atoms with Crippen molar-refractivity contribution in [3.63, 3.8) is 0 Å². The van der Waals surface area contributed by atoms with Crippen LogP contribution >= 0.6 is 0 Å². The maximum atomic E-state index is 12.8. The minimum atomic E-state index is -0.427. The quantitative estimate of drug-likeness (QED) is 0.745. The molecule has 0 unspecified atom stereocenters. The Labute approximate surface area is 106 Å². The van der Waals surface area contributed by atoms with Gasteiger partial charge < -0.3 is 10.3 Å². The molecule has 0 aliphatic heterocycles. The third-order valence-electron chi connectivity index (χ3n) is 2.60. The molecule has 0 aromatic carbocycles. The predicted octanol–water partition coefficient (Wildman–Crippen LogP) is 1.25. The number of pyridine rings is 1. The Bertz CT molecular complexity index is 717. The minimum absolute atomic E-state index is 0.242. The lowest BCUT2D eigenvalue weighted by Crippen LogP contribution is -1.98. The molecule has 96 valence electrons. The summed E-state index contributed by atoms with van der Waals surface area (Å²) in [5.74, 6) is 0.496. The van der Waals surface area contributed by atoms with Gasteiger partial charge in [-0.15, -0.1) is 0 Å².